The highest BCUT2D eigenvalue weighted by molar-refractivity contribution is 5.28. The fourth-order valence-corrected chi connectivity index (χ4v) is 2.02. The normalized spacial score (nSPS) is 33.0. The number of rotatable bonds is 1. The first kappa shape index (κ1) is 8.78. The van der Waals surface area contributed by atoms with Crippen molar-refractivity contribution in [2.45, 2.75) is 25.3 Å². The average molecular weight is 181 g/mol. The molecular weight excluding hydrogens is 166 g/mol. The van der Waals surface area contributed by atoms with Crippen LogP contribution in [0.5, 0.6) is 0 Å². The van der Waals surface area contributed by atoms with Gasteiger partial charge in [-0.25, -0.2) is 0 Å². The Bertz CT molecular complexity index is 308. The van der Waals surface area contributed by atoms with Gasteiger partial charge in [0.2, 0.25) is 0 Å². The van der Waals surface area contributed by atoms with Crippen molar-refractivity contribution in [1.29, 1.82) is 0 Å². The molecule has 1 aliphatic carbocycles. The van der Waals surface area contributed by atoms with Crippen molar-refractivity contribution in [3.63, 3.8) is 0 Å². The molecule has 0 fully saturated rings. The van der Waals surface area contributed by atoms with E-state index < -0.39 is 5.54 Å². The molecule has 1 aromatic rings. The minimum absolute atomic E-state index is 0.0469. The van der Waals surface area contributed by atoms with E-state index in [1.165, 1.54) is 0 Å². The zero-order valence-corrected chi connectivity index (χ0v) is 7.79. The lowest BCUT2D eigenvalue weighted by Gasteiger charge is -2.36. The summed E-state index contributed by atoms with van der Waals surface area (Å²) in [7, 11) is 0. The maximum atomic E-state index is 9.30. The molecule has 2 unspecified atom stereocenters. The minimum Gasteiger partial charge on any atom is -0.467 e. The van der Waals surface area contributed by atoms with Gasteiger partial charge in [0.15, 0.2) is 0 Å². The Balaban J connectivity index is 2.47. The Morgan fingerprint density at radius 2 is 2.54 bits per heavy atom. The maximum absolute atomic E-state index is 9.30. The highest BCUT2D eigenvalue weighted by Crippen LogP contribution is 2.37. The van der Waals surface area contributed by atoms with Gasteiger partial charge in [-0.3, -0.25) is 0 Å². The van der Waals surface area contributed by atoms with E-state index in [2.05, 4.69) is 6.92 Å². The van der Waals surface area contributed by atoms with E-state index in [9.17, 15) is 5.11 Å². The first-order chi connectivity index (χ1) is 6.18. The number of aliphatic hydroxyl groups is 1. The SMILES string of the molecule is CC1CCc2ccoc2C1(N)CO. The van der Waals surface area contributed by atoms with Crippen molar-refractivity contribution in [1.82, 2.24) is 0 Å². The fraction of sp³-hybridized carbons (Fsp3) is 0.600. The van der Waals surface area contributed by atoms with Gasteiger partial charge in [0.1, 0.15) is 11.3 Å². The third-order valence-corrected chi connectivity index (χ3v) is 3.16. The smallest absolute Gasteiger partial charge is 0.129 e. The van der Waals surface area contributed by atoms with Crippen LogP contribution < -0.4 is 5.73 Å². The van der Waals surface area contributed by atoms with Crippen LogP contribution in [0.2, 0.25) is 0 Å². The number of hydrogen-bond acceptors (Lipinski definition) is 3. The molecule has 1 aromatic heterocycles. The first-order valence-electron chi connectivity index (χ1n) is 4.65. The zero-order valence-electron chi connectivity index (χ0n) is 7.79. The molecule has 13 heavy (non-hydrogen) atoms. The van der Waals surface area contributed by atoms with Gasteiger partial charge >= 0.3 is 0 Å². The second-order valence-electron chi connectivity index (χ2n) is 3.91. The van der Waals surface area contributed by atoms with Crippen molar-refractivity contribution < 1.29 is 9.52 Å². The maximum Gasteiger partial charge on any atom is 0.129 e. The Kier molecular flexibility index (Phi) is 1.93. The molecule has 3 N–H and O–H groups in total. The molecule has 72 valence electrons. The predicted molar refractivity (Wildman–Crippen MR) is 49.1 cm³/mol. The molecule has 3 nitrogen and oxygen atoms in total. The van der Waals surface area contributed by atoms with Crippen LogP contribution in [0, 0.1) is 5.92 Å². The van der Waals surface area contributed by atoms with Crippen LogP contribution in [-0.2, 0) is 12.0 Å². The number of hydrogen-bond donors (Lipinski definition) is 2. The number of aryl methyl sites for hydroxylation is 1. The summed E-state index contributed by atoms with van der Waals surface area (Å²) in [5.74, 6) is 1.05. The summed E-state index contributed by atoms with van der Waals surface area (Å²) in [4.78, 5) is 0. The standard InChI is InChI=1S/C10H15NO2/c1-7-2-3-8-4-5-13-9(8)10(7,11)6-12/h4-5,7,12H,2-3,6,11H2,1H3. The molecule has 0 aromatic carbocycles. The van der Waals surface area contributed by atoms with Gasteiger partial charge in [-0.05, 0) is 30.4 Å². The second-order valence-corrected chi connectivity index (χ2v) is 3.91. The van der Waals surface area contributed by atoms with E-state index >= 15 is 0 Å². The van der Waals surface area contributed by atoms with Crippen molar-refractivity contribution in [2.24, 2.45) is 11.7 Å². The molecule has 0 spiro atoms. The van der Waals surface area contributed by atoms with Gasteiger partial charge < -0.3 is 15.3 Å². The van der Waals surface area contributed by atoms with Crippen molar-refractivity contribution in [3.05, 3.63) is 23.7 Å². The lowest BCUT2D eigenvalue weighted by atomic mass is 9.75. The quantitative estimate of drug-likeness (QED) is 0.679. The fourth-order valence-electron chi connectivity index (χ4n) is 2.02. The number of nitrogens with two attached hydrogens (primary N) is 1. The molecule has 0 bridgehead atoms. The van der Waals surface area contributed by atoms with E-state index in [0.717, 1.165) is 24.2 Å². The van der Waals surface area contributed by atoms with E-state index in [4.69, 9.17) is 10.2 Å². The van der Waals surface area contributed by atoms with E-state index in [-0.39, 0.29) is 12.5 Å². The number of aliphatic hydroxyl groups excluding tert-OH is 1. The van der Waals surface area contributed by atoms with Crippen LogP contribution in [0.15, 0.2) is 16.7 Å². The first-order valence-corrected chi connectivity index (χ1v) is 4.65. The van der Waals surface area contributed by atoms with Crippen LogP contribution in [0.3, 0.4) is 0 Å². The molecule has 0 radical (unpaired) electrons. The van der Waals surface area contributed by atoms with E-state index in [1.54, 1.807) is 6.26 Å². The Morgan fingerprint density at radius 3 is 3.23 bits per heavy atom. The van der Waals surface area contributed by atoms with E-state index in [1.807, 2.05) is 6.07 Å². The van der Waals surface area contributed by atoms with Crippen molar-refractivity contribution in [3.8, 4) is 0 Å². The molecule has 0 amide bonds. The van der Waals surface area contributed by atoms with Crippen LogP contribution in [0.4, 0.5) is 0 Å². The summed E-state index contributed by atoms with van der Waals surface area (Å²) in [6.07, 6.45) is 3.68. The van der Waals surface area contributed by atoms with Crippen LogP contribution in [-0.4, -0.2) is 11.7 Å². The average Bonchev–Trinajstić information content (AvgIpc) is 2.60. The monoisotopic (exact) mass is 181 g/mol. The number of fused-ring (bicyclic) bond motifs is 1. The van der Waals surface area contributed by atoms with Crippen molar-refractivity contribution >= 4 is 0 Å². The van der Waals surface area contributed by atoms with E-state index in [0.29, 0.717) is 0 Å². The lowest BCUT2D eigenvalue weighted by molar-refractivity contribution is 0.110. The van der Waals surface area contributed by atoms with Crippen molar-refractivity contribution in [2.75, 3.05) is 6.61 Å². The highest BCUT2D eigenvalue weighted by atomic mass is 16.3. The summed E-state index contributed by atoms with van der Waals surface area (Å²) in [5.41, 5.74) is 6.59. The molecular formula is C10H15NO2. The predicted octanol–water partition coefficient (Wildman–Crippen LogP) is 1.01. The lowest BCUT2D eigenvalue weighted by Crippen LogP contribution is -2.48. The molecule has 2 atom stereocenters. The largest absolute Gasteiger partial charge is 0.467 e. The third kappa shape index (κ3) is 1.11. The third-order valence-electron chi connectivity index (χ3n) is 3.16. The highest BCUT2D eigenvalue weighted by Gasteiger charge is 2.40. The molecule has 0 aliphatic heterocycles. The summed E-state index contributed by atoms with van der Waals surface area (Å²) in [6, 6.07) is 1.94. The molecule has 0 saturated carbocycles. The van der Waals surface area contributed by atoms with Gasteiger partial charge in [-0.2, -0.15) is 0 Å². The topological polar surface area (TPSA) is 59.4 Å². The Labute approximate surface area is 77.5 Å². The van der Waals surface area contributed by atoms with Crippen LogP contribution >= 0.6 is 0 Å². The summed E-state index contributed by atoms with van der Waals surface area (Å²) >= 11 is 0. The minimum atomic E-state index is -0.670. The van der Waals surface area contributed by atoms with Gasteiger partial charge in [0.05, 0.1) is 12.9 Å². The zero-order chi connectivity index (χ0) is 9.47. The summed E-state index contributed by atoms with van der Waals surface area (Å²) in [6.45, 7) is 2.01. The Hall–Kier alpha value is -0.800. The Morgan fingerprint density at radius 1 is 1.77 bits per heavy atom. The van der Waals surface area contributed by atoms with Gasteiger partial charge in [0.25, 0.3) is 0 Å². The second kappa shape index (κ2) is 2.86. The molecule has 2 rings (SSSR count). The van der Waals surface area contributed by atoms with Crippen LogP contribution in [0.1, 0.15) is 24.7 Å². The molecule has 3 heteroatoms. The van der Waals surface area contributed by atoms with Gasteiger partial charge in [0, 0.05) is 0 Å². The number of furan rings is 1. The molecule has 1 aliphatic rings. The molecule has 0 saturated heterocycles. The summed E-state index contributed by atoms with van der Waals surface area (Å²) < 4.78 is 5.35. The van der Waals surface area contributed by atoms with Gasteiger partial charge in [-0.1, -0.05) is 6.92 Å². The molecule has 1 heterocycles. The van der Waals surface area contributed by atoms with Gasteiger partial charge in [-0.15, -0.1) is 0 Å². The van der Waals surface area contributed by atoms with Crippen LogP contribution in [0.25, 0.3) is 0 Å². The summed E-state index contributed by atoms with van der Waals surface area (Å²) in [5, 5.41) is 9.30.